The van der Waals surface area contributed by atoms with Gasteiger partial charge in [-0.15, -0.1) is 0 Å². The highest BCUT2D eigenvalue weighted by Gasteiger charge is 2.27. The van der Waals surface area contributed by atoms with Crippen molar-refractivity contribution in [1.82, 2.24) is 9.99 Å². The van der Waals surface area contributed by atoms with Gasteiger partial charge in [-0.3, -0.25) is 9.78 Å². The molecule has 27 heavy (non-hydrogen) atoms. The van der Waals surface area contributed by atoms with Crippen LogP contribution in [0.25, 0.3) is 0 Å². The fraction of sp³-hybridized carbons (Fsp3) is 0.350. The summed E-state index contributed by atoms with van der Waals surface area (Å²) >= 11 is 0. The summed E-state index contributed by atoms with van der Waals surface area (Å²) in [5.74, 6) is -0.106. The van der Waals surface area contributed by atoms with Crippen LogP contribution in [0, 0.1) is 0 Å². The van der Waals surface area contributed by atoms with E-state index in [4.69, 9.17) is 0 Å². The Morgan fingerprint density at radius 2 is 1.96 bits per heavy atom. The molecule has 1 aliphatic heterocycles. The lowest BCUT2D eigenvalue weighted by atomic mass is 10.1. The molecule has 0 bridgehead atoms. The first-order valence-electron chi connectivity index (χ1n) is 9.14. The number of aromatic nitrogens is 1. The minimum absolute atomic E-state index is 0.128. The molecule has 0 radical (unpaired) electrons. The number of nitrogens with zero attached hydrogens (tertiary/aromatic N) is 3. The molecule has 0 fully saturated rings. The Morgan fingerprint density at radius 1 is 1.15 bits per heavy atom. The van der Waals surface area contributed by atoms with Crippen LogP contribution in [-0.2, 0) is 9.84 Å². The van der Waals surface area contributed by atoms with E-state index in [0.717, 1.165) is 12.8 Å². The predicted molar refractivity (Wildman–Crippen MR) is 104 cm³/mol. The van der Waals surface area contributed by atoms with Crippen molar-refractivity contribution in [3.63, 3.8) is 0 Å². The third kappa shape index (κ3) is 4.42. The maximum atomic E-state index is 12.8. The zero-order valence-corrected chi connectivity index (χ0v) is 16.2. The minimum atomic E-state index is -3.38. The number of sulfone groups is 1. The van der Waals surface area contributed by atoms with Crippen molar-refractivity contribution in [2.24, 2.45) is 5.10 Å². The summed E-state index contributed by atoms with van der Waals surface area (Å²) < 4.78 is 25.6. The van der Waals surface area contributed by atoms with E-state index in [0.29, 0.717) is 41.1 Å². The number of hydrazone groups is 1. The second-order valence-corrected chi connectivity index (χ2v) is 8.57. The molecule has 0 aliphatic carbocycles. The Balaban J connectivity index is 1.86. The van der Waals surface area contributed by atoms with E-state index in [2.05, 4.69) is 10.1 Å². The first-order chi connectivity index (χ1) is 13.0. The first kappa shape index (κ1) is 19.2. The molecule has 2 aromatic rings. The van der Waals surface area contributed by atoms with Gasteiger partial charge in [-0.2, -0.15) is 5.10 Å². The van der Waals surface area contributed by atoms with Gasteiger partial charge in [0.25, 0.3) is 5.91 Å². The molecule has 2 heterocycles. The number of carbonyl (C=O) groups excluding carboxylic acids is 1. The highest BCUT2D eigenvalue weighted by molar-refractivity contribution is 7.91. The van der Waals surface area contributed by atoms with Crippen molar-refractivity contribution in [1.29, 1.82) is 0 Å². The molecule has 0 N–H and O–H groups in total. The molecule has 1 aliphatic rings. The van der Waals surface area contributed by atoms with E-state index in [9.17, 15) is 13.2 Å². The van der Waals surface area contributed by atoms with E-state index in [-0.39, 0.29) is 11.7 Å². The van der Waals surface area contributed by atoms with Gasteiger partial charge in [-0.05, 0) is 24.6 Å². The van der Waals surface area contributed by atoms with E-state index in [1.165, 1.54) is 11.2 Å². The number of unbranched alkanes of at least 4 members (excludes halogenated alkanes) is 2. The maximum Gasteiger partial charge on any atom is 0.275 e. The molecule has 142 valence electrons. The molecule has 0 saturated heterocycles. The van der Waals surface area contributed by atoms with E-state index in [1.54, 1.807) is 42.6 Å². The zero-order chi connectivity index (χ0) is 19.3. The van der Waals surface area contributed by atoms with Crippen molar-refractivity contribution < 1.29 is 13.2 Å². The Morgan fingerprint density at radius 3 is 2.70 bits per heavy atom. The molecular formula is C20H23N3O3S. The molecule has 1 aromatic carbocycles. The van der Waals surface area contributed by atoms with Crippen molar-refractivity contribution in [2.45, 2.75) is 37.5 Å². The standard InChI is InChI=1S/C20H23N3O3S/c1-2-3-6-14-27(25,26)19-10-5-4-9-17(19)18-11-13-23(22-18)20(24)16-8-7-12-21-15-16/h4-5,7-10,12,15H,2-3,6,11,13-14H2,1H3. The minimum Gasteiger partial charge on any atom is -0.267 e. The summed E-state index contributed by atoms with van der Waals surface area (Å²) in [6.07, 6.45) is 6.13. The molecule has 7 heteroatoms. The summed E-state index contributed by atoms with van der Waals surface area (Å²) in [6, 6.07) is 10.3. The Hall–Kier alpha value is -2.54. The number of carbonyl (C=O) groups is 1. The van der Waals surface area contributed by atoms with Crippen LogP contribution < -0.4 is 0 Å². The van der Waals surface area contributed by atoms with Crippen LogP contribution in [0.3, 0.4) is 0 Å². The third-order valence-electron chi connectivity index (χ3n) is 4.49. The van der Waals surface area contributed by atoms with Crippen LogP contribution >= 0.6 is 0 Å². The number of amides is 1. The quantitative estimate of drug-likeness (QED) is 0.685. The summed E-state index contributed by atoms with van der Waals surface area (Å²) in [5.41, 5.74) is 1.68. The molecule has 0 saturated carbocycles. The molecule has 3 rings (SSSR count). The number of hydrogen-bond acceptors (Lipinski definition) is 5. The summed E-state index contributed by atoms with van der Waals surface area (Å²) in [5, 5.41) is 5.80. The van der Waals surface area contributed by atoms with Crippen LogP contribution in [0.4, 0.5) is 0 Å². The molecular weight excluding hydrogens is 362 g/mol. The Kier molecular flexibility index (Phi) is 6.01. The topological polar surface area (TPSA) is 79.7 Å². The summed E-state index contributed by atoms with van der Waals surface area (Å²) in [6.45, 7) is 2.47. The fourth-order valence-electron chi connectivity index (χ4n) is 3.06. The van der Waals surface area contributed by atoms with Crippen LogP contribution in [-0.4, -0.2) is 42.3 Å². The largest absolute Gasteiger partial charge is 0.275 e. The second-order valence-electron chi connectivity index (χ2n) is 6.49. The lowest BCUT2D eigenvalue weighted by Gasteiger charge is -2.11. The van der Waals surface area contributed by atoms with Gasteiger partial charge in [0.1, 0.15) is 0 Å². The molecule has 0 spiro atoms. The van der Waals surface area contributed by atoms with Crippen LogP contribution in [0.2, 0.25) is 0 Å². The average molecular weight is 385 g/mol. The van der Waals surface area contributed by atoms with Crippen molar-refractivity contribution in [3.05, 3.63) is 59.9 Å². The number of benzene rings is 1. The van der Waals surface area contributed by atoms with Gasteiger partial charge < -0.3 is 0 Å². The second kappa shape index (κ2) is 8.43. The smallest absolute Gasteiger partial charge is 0.267 e. The van der Waals surface area contributed by atoms with Gasteiger partial charge in [0, 0.05) is 24.4 Å². The molecule has 6 nitrogen and oxygen atoms in total. The summed E-state index contributed by atoms with van der Waals surface area (Å²) in [7, 11) is -3.38. The van der Waals surface area contributed by atoms with E-state index in [1.807, 2.05) is 6.92 Å². The Labute approximate surface area is 159 Å². The lowest BCUT2D eigenvalue weighted by molar-refractivity contribution is 0.0778. The number of hydrogen-bond donors (Lipinski definition) is 0. The normalized spacial score (nSPS) is 14.3. The van der Waals surface area contributed by atoms with Gasteiger partial charge in [-0.1, -0.05) is 38.0 Å². The van der Waals surface area contributed by atoms with Crippen LogP contribution in [0.1, 0.15) is 48.5 Å². The van der Waals surface area contributed by atoms with Gasteiger partial charge in [-0.25, -0.2) is 13.4 Å². The van der Waals surface area contributed by atoms with E-state index >= 15 is 0 Å². The average Bonchev–Trinajstić information content (AvgIpc) is 3.18. The third-order valence-corrected chi connectivity index (χ3v) is 6.35. The lowest BCUT2D eigenvalue weighted by Crippen LogP contribution is -2.23. The highest BCUT2D eigenvalue weighted by atomic mass is 32.2. The van der Waals surface area contributed by atoms with Gasteiger partial charge in [0.05, 0.1) is 28.5 Å². The zero-order valence-electron chi connectivity index (χ0n) is 15.3. The number of rotatable bonds is 7. The van der Waals surface area contributed by atoms with Gasteiger partial charge >= 0.3 is 0 Å². The molecule has 1 amide bonds. The van der Waals surface area contributed by atoms with E-state index < -0.39 is 9.84 Å². The maximum absolute atomic E-state index is 12.8. The Bertz CT molecular complexity index is 940. The van der Waals surface area contributed by atoms with Crippen molar-refractivity contribution >= 4 is 21.5 Å². The highest BCUT2D eigenvalue weighted by Crippen LogP contribution is 2.24. The van der Waals surface area contributed by atoms with Crippen molar-refractivity contribution in [2.75, 3.05) is 12.3 Å². The number of pyridine rings is 1. The van der Waals surface area contributed by atoms with Crippen LogP contribution in [0.15, 0.2) is 58.8 Å². The monoisotopic (exact) mass is 385 g/mol. The molecule has 1 aromatic heterocycles. The SMILES string of the molecule is CCCCCS(=O)(=O)c1ccccc1C1=NN(C(=O)c2cccnc2)CC1. The van der Waals surface area contributed by atoms with Gasteiger partial charge in [0.15, 0.2) is 9.84 Å². The molecule has 0 atom stereocenters. The fourth-order valence-corrected chi connectivity index (χ4v) is 4.67. The van der Waals surface area contributed by atoms with Gasteiger partial charge in [0.2, 0.25) is 0 Å². The van der Waals surface area contributed by atoms with Crippen LogP contribution in [0.5, 0.6) is 0 Å². The van der Waals surface area contributed by atoms with Crippen molar-refractivity contribution in [3.8, 4) is 0 Å². The predicted octanol–water partition coefficient (Wildman–Crippen LogP) is 3.30. The summed E-state index contributed by atoms with van der Waals surface area (Å²) in [4.78, 5) is 16.8. The first-order valence-corrected chi connectivity index (χ1v) is 10.8. The molecule has 0 unspecified atom stereocenters.